The monoisotopic (exact) mass is 225 g/mol. The van der Waals surface area contributed by atoms with E-state index < -0.39 is 0 Å². The lowest BCUT2D eigenvalue weighted by atomic mass is 10.1. The van der Waals surface area contributed by atoms with Crippen LogP contribution < -0.4 is 11.5 Å². The highest BCUT2D eigenvalue weighted by Crippen LogP contribution is 2.14. The summed E-state index contributed by atoms with van der Waals surface area (Å²) in [4.78, 5) is 10.9. The first kappa shape index (κ1) is 12.8. The van der Waals surface area contributed by atoms with Crippen LogP contribution in [0, 0.1) is 0 Å². The Labute approximate surface area is 97.6 Å². The van der Waals surface area contributed by atoms with Gasteiger partial charge in [-0.3, -0.25) is 0 Å². The van der Waals surface area contributed by atoms with Crippen LogP contribution in [0.2, 0.25) is 0 Å². The first-order valence-corrected chi connectivity index (χ1v) is 5.83. The zero-order valence-corrected chi connectivity index (χ0v) is 10.5. The van der Waals surface area contributed by atoms with E-state index in [1.165, 1.54) is 19.3 Å². The van der Waals surface area contributed by atoms with E-state index in [1.807, 2.05) is 20.8 Å². The van der Waals surface area contributed by atoms with Gasteiger partial charge in [-0.1, -0.05) is 0 Å². The van der Waals surface area contributed by atoms with E-state index in [2.05, 4.69) is 14.9 Å². The minimum Gasteiger partial charge on any atom is -0.370 e. The van der Waals surface area contributed by atoms with Gasteiger partial charge in [0.05, 0.1) is 5.54 Å². The predicted molar refractivity (Wildman–Crippen MR) is 68.4 cm³/mol. The number of nitrogens with zero attached hydrogens (tertiary/aromatic N) is 3. The summed E-state index contributed by atoms with van der Waals surface area (Å²) in [7, 11) is 0. The molecule has 0 atom stereocenters. The van der Waals surface area contributed by atoms with Gasteiger partial charge in [0, 0.05) is 13.1 Å². The van der Waals surface area contributed by atoms with Gasteiger partial charge in [-0.25, -0.2) is 4.99 Å². The maximum absolute atomic E-state index is 5.44. The van der Waals surface area contributed by atoms with Gasteiger partial charge in [0.25, 0.3) is 0 Å². The number of piperidine rings is 1. The molecule has 0 aliphatic carbocycles. The number of rotatable bonds is 0. The second-order valence-electron chi connectivity index (χ2n) is 5.17. The van der Waals surface area contributed by atoms with Gasteiger partial charge in [-0.15, -0.1) is 0 Å². The molecule has 1 heterocycles. The molecular formula is C11H23N5. The molecule has 0 unspecified atom stereocenters. The molecule has 0 saturated carbocycles. The van der Waals surface area contributed by atoms with Crippen molar-refractivity contribution in [3.8, 4) is 0 Å². The van der Waals surface area contributed by atoms with Crippen LogP contribution >= 0.6 is 0 Å². The van der Waals surface area contributed by atoms with Crippen molar-refractivity contribution in [1.29, 1.82) is 0 Å². The molecule has 5 nitrogen and oxygen atoms in total. The average Bonchev–Trinajstić information content (AvgIpc) is 2.15. The zero-order chi connectivity index (χ0) is 12.2. The highest BCUT2D eigenvalue weighted by Gasteiger charge is 2.17. The van der Waals surface area contributed by atoms with Gasteiger partial charge in [0.15, 0.2) is 5.96 Å². The number of hydrogen-bond donors (Lipinski definition) is 2. The normalized spacial score (nSPS) is 18.4. The molecular weight excluding hydrogens is 202 g/mol. The third-order valence-electron chi connectivity index (χ3n) is 2.30. The van der Waals surface area contributed by atoms with Gasteiger partial charge in [0.1, 0.15) is 0 Å². The average molecular weight is 225 g/mol. The first-order valence-electron chi connectivity index (χ1n) is 5.83. The van der Waals surface area contributed by atoms with Gasteiger partial charge in [0.2, 0.25) is 5.96 Å². The van der Waals surface area contributed by atoms with Crippen molar-refractivity contribution in [2.75, 3.05) is 13.1 Å². The molecule has 1 fully saturated rings. The van der Waals surface area contributed by atoms with Crippen LogP contribution in [0.1, 0.15) is 40.0 Å². The van der Waals surface area contributed by atoms with Crippen LogP contribution in [0.3, 0.4) is 0 Å². The van der Waals surface area contributed by atoms with E-state index in [4.69, 9.17) is 11.5 Å². The van der Waals surface area contributed by atoms with E-state index in [0.717, 1.165) is 13.1 Å². The fourth-order valence-electron chi connectivity index (χ4n) is 1.68. The van der Waals surface area contributed by atoms with Crippen molar-refractivity contribution in [3.05, 3.63) is 0 Å². The van der Waals surface area contributed by atoms with E-state index in [-0.39, 0.29) is 11.5 Å². The van der Waals surface area contributed by atoms with Crippen molar-refractivity contribution < 1.29 is 0 Å². The molecule has 4 N–H and O–H groups in total. The highest BCUT2D eigenvalue weighted by atomic mass is 15.3. The standard InChI is InChI=1S/C11H23N5/c1-11(2,3)15-10(14-9(12)13)16-7-5-4-6-8-16/h4-8H2,1-3H3,(H4,12,13,14,15). The number of aliphatic imine (C=N–C) groups is 2. The zero-order valence-electron chi connectivity index (χ0n) is 10.5. The lowest BCUT2D eigenvalue weighted by Gasteiger charge is -2.29. The fraction of sp³-hybridized carbons (Fsp3) is 0.818. The van der Waals surface area contributed by atoms with Crippen LogP contribution in [0.25, 0.3) is 0 Å². The smallest absolute Gasteiger partial charge is 0.224 e. The Hall–Kier alpha value is -1.26. The molecule has 5 heteroatoms. The Morgan fingerprint density at radius 3 is 2.06 bits per heavy atom. The number of guanidine groups is 2. The van der Waals surface area contributed by atoms with Crippen LogP contribution in [0.15, 0.2) is 9.98 Å². The summed E-state index contributed by atoms with van der Waals surface area (Å²) in [6, 6.07) is 0. The van der Waals surface area contributed by atoms with Crippen molar-refractivity contribution in [1.82, 2.24) is 4.90 Å². The minimum atomic E-state index is -0.161. The maximum Gasteiger partial charge on any atom is 0.224 e. The van der Waals surface area contributed by atoms with E-state index in [9.17, 15) is 0 Å². The van der Waals surface area contributed by atoms with E-state index >= 15 is 0 Å². The summed E-state index contributed by atoms with van der Waals surface area (Å²) in [5.41, 5.74) is 10.7. The van der Waals surface area contributed by atoms with Crippen LogP contribution in [0.5, 0.6) is 0 Å². The summed E-state index contributed by atoms with van der Waals surface area (Å²) < 4.78 is 0. The molecule has 0 radical (unpaired) electrons. The molecule has 1 aliphatic heterocycles. The Bertz CT molecular complexity index is 277. The van der Waals surface area contributed by atoms with Gasteiger partial charge in [-0.2, -0.15) is 4.99 Å². The quantitative estimate of drug-likeness (QED) is 0.475. The largest absolute Gasteiger partial charge is 0.370 e. The molecule has 1 rings (SSSR count). The summed E-state index contributed by atoms with van der Waals surface area (Å²) in [6.45, 7) is 8.11. The lowest BCUT2D eigenvalue weighted by molar-refractivity contribution is 0.335. The van der Waals surface area contributed by atoms with E-state index in [0.29, 0.717) is 5.96 Å². The number of hydrogen-bond acceptors (Lipinski definition) is 1. The summed E-state index contributed by atoms with van der Waals surface area (Å²) >= 11 is 0. The van der Waals surface area contributed by atoms with Gasteiger partial charge in [-0.05, 0) is 40.0 Å². The maximum atomic E-state index is 5.44. The van der Waals surface area contributed by atoms with Crippen LogP contribution in [-0.2, 0) is 0 Å². The second kappa shape index (κ2) is 5.18. The molecule has 92 valence electrons. The van der Waals surface area contributed by atoms with Gasteiger partial charge >= 0.3 is 0 Å². The van der Waals surface area contributed by atoms with Crippen molar-refractivity contribution >= 4 is 11.9 Å². The Morgan fingerprint density at radius 1 is 1.06 bits per heavy atom. The topological polar surface area (TPSA) is 80.0 Å². The van der Waals surface area contributed by atoms with Crippen molar-refractivity contribution in [2.45, 2.75) is 45.6 Å². The SMILES string of the molecule is CC(C)(C)N=C(N=C(N)N)N1CCCCC1. The number of likely N-dealkylation sites (tertiary alicyclic amines) is 1. The summed E-state index contributed by atoms with van der Waals surface area (Å²) in [5, 5.41) is 0. The third kappa shape index (κ3) is 4.51. The molecule has 0 amide bonds. The van der Waals surface area contributed by atoms with Crippen molar-refractivity contribution in [2.24, 2.45) is 21.5 Å². The summed E-state index contributed by atoms with van der Waals surface area (Å²) in [6.07, 6.45) is 3.65. The Balaban J connectivity index is 2.86. The highest BCUT2D eigenvalue weighted by molar-refractivity contribution is 5.93. The molecule has 1 aliphatic rings. The molecule has 0 bridgehead atoms. The molecule has 0 spiro atoms. The Morgan fingerprint density at radius 2 is 1.62 bits per heavy atom. The minimum absolute atomic E-state index is 0.0774. The van der Waals surface area contributed by atoms with Crippen LogP contribution in [-0.4, -0.2) is 35.4 Å². The molecule has 0 aromatic carbocycles. The molecule has 0 aromatic rings. The predicted octanol–water partition coefficient (Wildman–Crippen LogP) is 0.900. The number of nitrogens with two attached hydrogens (primary N) is 2. The van der Waals surface area contributed by atoms with Crippen molar-refractivity contribution in [3.63, 3.8) is 0 Å². The fourth-order valence-corrected chi connectivity index (χ4v) is 1.68. The van der Waals surface area contributed by atoms with Gasteiger partial charge < -0.3 is 16.4 Å². The third-order valence-corrected chi connectivity index (χ3v) is 2.30. The first-order chi connectivity index (χ1) is 7.38. The second-order valence-corrected chi connectivity index (χ2v) is 5.17. The Kier molecular flexibility index (Phi) is 4.15. The lowest BCUT2D eigenvalue weighted by Crippen LogP contribution is -2.38. The summed E-state index contributed by atoms with van der Waals surface area (Å²) in [5.74, 6) is 0.751. The molecule has 16 heavy (non-hydrogen) atoms. The van der Waals surface area contributed by atoms with Crippen LogP contribution in [0.4, 0.5) is 0 Å². The molecule has 1 saturated heterocycles. The van der Waals surface area contributed by atoms with E-state index in [1.54, 1.807) is 0 Å². The molecule has 0 aromatic heterocycles.